The highest BCUT2D eigenvalue weighted by atomic mass is 32.2. The fourth-order valence-corrected chi connectivity index (χ4v) is 1.55. The van der Waals surface area contributed by atoms with E-state index >= 15 is 0 Å². The summed E-state index contributed by atoms with van der Waals surface area (Å²) in [7, 11) is -4.08. The minimum atomic E-state index is -5.77. The zero-order chi connectivity index (χ0) is 20.4. The van der Waals surface area contributed by atoms with Crippen molar-refractivity contribution in [3.8, 4) is 0 Å². The predicted molar refractivity (Wildman–Crippen MR) is 61.7 cm³/mol. The Morgan fingerprint density at radius 3 is 1.04 bits per heavy atom. The summed E-state index contributed by atoms with van der Waals surface area (Å²) in [6, 6.07) is 0. The maximum absolute atomic E-state index is 11.7. The first-order valence-corrected chi connectivity index (χ1v) is 7.19. The molecular formula is C10H11F9O4S. The van der Waals surface area contributed by atoms with E-state index in [9.17, 15) is 57.5 Å². The van der Waals surface area contributed by atoms with Gasteiger partial charge in [0.15, 0.2) is 9.84 Å². The van der Waals surface area contributed by atoms with Crippen molar-refractivity contribution in [3.63, 3.8) is 0 Å². The summed E-state index contributed by atoms with van der Waals surface area (Å²) in [6.45, 7) is 3.73. The molecule has 0 rings (SSSR count). The summed E-state index contributed by atoms with van der Waals surface area (Å²) in [4.78, 5) is 19.2. The molecule has 0 spiro atoms. The average Bonchev–Trinajstić information content (AvgIpc) is 2.20. The van der Waals surface area contributed by atoms with Gasteiger partial charge in [-0.25, -0.2) is 8.42 Å². The van der Waals surface area contributed by atoms with Crippen molar-refractivity contribution in [3.05, 3.63) is 0 Å². The molecule has 0 saturated heterocycles. The van der Waals surface area contributed by atoms with Crippen LogP contribution in [0, 0.1) is 0 Å². The lowest BCUT2D eigenvalue weighted by Gasteiger charge is -2.19. The van der Waals surface area contributed by atoms with Gasteiger partial charge >= 0.3 is 30.1 Å². The highest BCUT2D eigenvalue weighted by Crippen LogP contribution is 2.25. The molecule has 0 atom stereocenters. The zero-order valence-corrected chi connectivity index (χ0v) is 13.0. The van der Waals surface area contributed by atoms with Gasteiger partial charge in [-0.1, -0.05) is 0 Å². The van der Waals surface area contributed by atoms with Gasteiger partial charge in [0.05, 0.1) is 4.75 Å². The van der Waals surface area contributed by atoms with Crippen LogP contribution in [0.25, 0.3) is 0 Å². The summed E-state index contributed by atoms with van der Waals surface area (Å²) in [6.07, 6.45) is -16.2. The Hall–Kier alpha value is -1.34. The van der Waals surface area contributed by atoms with E-state index in [1.165, 1.54) is 20.8 Å². The Kier molecular flexibility index (Phi) is 7.55. The number of Topliss-reactive ketones (excluding diaryl/α,β-unsaturated/α-hetero) is 2. The minimum absolute atomic E-state index is 1.24. The molecular weight excluding hydrogens is 387 g/mol. The third kappa shape index (κ3) is 9.08. The second-order valence-corrected chi connectivity index (χ2v) is 7.88. The Balaban J connectivity index is 0. The van der Waals surface area contributed by atoms with Crippen LogP contribution in [0.5, 0.6) is 0 Å². The van der Waals surface area contributed by atoms with Gasteiger partial charge in [-0.05, 0) is 20.8 Å². The van der Waals surface area contributed by atoms with Crippen molar-refractivity contribution in [2.75, 3.05) is 5.75 Å². The van der Waals surface area contributed by atoms with Crippen molar-refractivity contribution in [1.29, 1.82) is 0 Å². The van der Waals surface area contributed by atoms with Crippen LogP contribution in [0.4, 0.5) is 39.5 Å². The maximum atomic E-state index is 11.7. The van der Waals surface area contributed by atoms with Crippen molar-refractivity contribution in [1.82, 2.24) is 0 Å². The highest BCUT2D eigenvalue weighted by Gasteiger charge is 2.54. The molecule has 0 unspecified atom stereocenters. The van der Waals surface area contributed by atoms with Crippen LogP contribution in [-0.2, 0) is 19.4 Å². The molecule has 0 aromatic rings. The molecule has 0 fully saturated rings. The van der Waals surface area contributed by atoms with E-state index in [4.69, 9.17) is 0 Å². The number of sulfone groups is 1. The number of halogens is 9. The first kappa shape index (κ1) is 24.9. The molecule has 0 amide bonds. The van der Waals surface area contributed by atoms with Crippen molar-refractivity contribution in [2.24, 2.45) is 0 Å². The highest BCUT2D eigenvalue weighted by molar-refractivity contribution is 7.92. The topological polar surface area (TPSA) is 68.3 Å². The molecule has 0 aliphatic heterocycles. The monoisotopic (exact) mass is 398 g/mol. The lowest BCUT2D eigenvalue weighted by Crippen LogP contribution is -2.39. The summed E-state index contributed by atoms with van der Waals surface area (Å²) < 4.78 is 123. The van der Waals surface area contributed by atoms with Crippen molar-refractivity contribution < 1.29 is 57.5 Å². The van der Waals surface area contributed by atoms with Gasteiger partial charge in [0, 0.05) is 0 Å². The van der Waals surface area contributed by atoms with E-state index in [2.05, 4.69) is 0 Å². The number of hydrogen-bond donors (Lipinski definition) is 0. The summed E-state index contributed by atoms with van der Waals surface area (Å²) in [5, 5.41) is 0. The van der Waals surface area contributed by atoms with E-state index in [1.54, 1.807) is 0 Å². The molecule has 4 nitrogen and oxygen atoms in total. The van der Waals surface area contributed by atoms with Crippen molar-refractivity contribution >= 4 is 21.4 Å². The van der Waals surface area contributed by atoms with Gasteiger partial charge < -0.3 is 0 Å². The molecule has 0 aromatic heterocycles. The van der Waals surface area contributed by atoms with Crippen LogP contribution in [-0.4, -0.2) is 49.0 Å². The Morgan fingerprint density at radius 1 is 0.708 bits per heavy atom. The molecule has 0 heterocycles. The molecule has 0 aliphatic carbocycles. The molecule has 0 bridgehead atoms. The SMILES string of the molecule is CC(C)(C)S(=O)(=O)CC(F)(F)F.O=C(C(=O)C(F)(F)F)C(F)(F)F. The molecule has 0 aromatic carbocycles. The van der Waals surface area contributed by atoms with E-state index in [0.29, 0.717) is 0 Å². The third-order valence-corrected chi connectivity index (χ3v) is 4.58. The Morgan fingerprint density at radius 2 is 0.958 bits per heavy atom. The molecule has 0 aliphatic rings. The normalized spacial score (nSPS) is 13.8. The van der Waals surface area contributed by atoms with Crippen LogP contribution in [0.15, 0.2) is 0 Å². The van der Waals surface area contributed by atoms with Crippen LogP contribution in [0.2, 0.25) is 0 Å². The minimum Gasteiger partial charge on any atom is -0.280 e. The van der Waals surface area contributed by atoms with Gasteiger partial charge in [0.2, 0.25) is 0 Å². The molecule has 24 heavy (non-hydrogen) atoms. The molecule has 0 saturated carbocycles. The number of carbonyl (C=O) groups is 2. The van der Waals surface area contributed by atoms with Gasteiger partial charge in [-0.3, -0.25) is 9.59 Å². The van der Waals surface area contributed by atoms with Gasteiger partial charge in [0.25, 0.3) is 0 Å². The van der Waals surface area contributed by atoms with Crippen LogP contribution >= 0.6 is 0 Å². The number of ketones is 2. The zero-order valence-electron chi connectivity index (χ0n) is 12.2. The predicted octanol–water partition coefficient (Wildman–Crippen LogP) is 3.01. The second kappa shape index (κ2) is 7.27. The Bertz CT molecular complexity index is 537. The number of carbonyl (C=O) groups excluding carboxylic acids is 2. The molecule has 0 radical (unpaired) electrons. The molecule has 144 valence electrons. The summed E-state index contributed by atoms with van der Waals surface area (Å²) in [5.41, 5.74) is 0. The Labute approximate surface area is 129 Å². The number of hydrogen-bond acceptors (Lipinski definition) is 4. The average molecular weight is 398 g/mol. The van der Waals surface area contributed by atoms with Crippen LogP contribution in [0.1, 0.15) is 20.8 Å². The van der Waals surface area contributed by atoms with Crippen molar-refractivity contribution in [2.45, 2.75) is 44.0 Å². The fourth-order valence-electron chi connectivity index (χ4n) is 0.689. The third-order valence-electron chi connectivity index (χ3n) is 2.01. The quantitative estimate of drug-likeness (QED) is 0.530. The standard InChI is InChI=1S/C6H11F3O2S.C4F6O2/c1-5(2,3)12(10,11)4-6(7,8)9;5-3(6,7)1(11)2(12)4(8,9)10/h4H2,1-3H3;. The van der Waals surface area contributed by atoms with E-state index < -0.39 is 50.4 Å². The number of rotatable bonds is 2. The lowest BCUT2D eigenvalue weighted by atomic mass is 10.2. The molecule has 14 heteroatoms. The van der Waals surface area contributed by atoms with E-state index in [0.717, 1.165) is 0 Å². The van der Waals surface area contributed by atoms with E-state index in [-0.39, 0.29) is 0 Å². The largest absolute Gasteiger partial charge is 0.458 e. The van der Waals surface area contributed by atoms with Crippen LogP contribution < -0.4 is 0 Å². The summed E-state index contributed by atoms with van der Waals surface area (Å²) in [5.74, 6) is -8.56. The van der Waals surface area contributed by atoms with E-state index in [1.807, 2.05) is 0 Å². The van der Waals surface area contributed by atoms with Gasteiger partial charge in [0.1, 0.15) is 5.75 Å². The summed E-state index contributed by atoms with van der Waals surface area (Å²) >= 11 is 0. The lowest BCUT2D eigenvalue weighted by molar-refractivity contribution is -0.193. The fraction of sp³-hybridized carbons (Fsp3) is 0.800. The first-order chi connectivity index (χ1) is 10.0. The van der Waals surface area contributed by atoms with Crippen LogP contribution in [0.3, 0.4) is 0 Å². The smallest absolute Gasteiger partial charge is 0.280 e. The van der Waals surface area contributed by atoms with Gasteiger partial charge in [-0.2, -0.15) is 39.5 Å². The maximum Gasteiger partial charge on any atom is 0.458 e. The molecule has 0 N–H and O–H groups in total. The number of alkyl halides is 9. The van der Waals surface area contributed by atoms with Gasteiger partial charge in [-0.15, -0.1) is 0 Å². The first-order valence-electron chi connectivity index (χ1n) is 5.54. The second-order valence-electron chi connectivity index (χ2n) is 5.14.